The first-order valence-corrected chi connectivity index (χ1v) is 44.3. The van der Waals surface area contributed by atoms with Gasteiger partial charge >= 0.3 is 29.8 Å². The van der Waals surface area contributed by atoms with Gasteiger partial charge < -0.3 is 25.5 Å². The molecule has 10 heteroatoms. The van der Waals surface area contributed by atoms with Gasteiger partial charge in [0.1, 0.15) is 0 Å². The van der Waals surface area contributed by atoms with Gasteiger partial charge in [-0.2, -0.15) is 0 Å². The predicted molar refractivity (Wildman–Crippen MR) is 448 cm³/mol. The Morgan fingerprint density at radius 3 is 1.38 bits per heavy atom. The second-order valence-electron chi connectivity index (χ2n) is 42.4. The molecule has 1 aromatic rings. The maximum atomic E-state index is 12.0. The fourth-order valence-corrected chi connectivity index (χ4v) is 28.1. The average molecular weight is 1510 g/mol. The van der Waals surface area contributed by atoms with E-state index >= 15 is 0 Å². The van der Waals surface area contributed by atoms with Crippen molar-refractivity contribution in [3.8, 4) is 0 Å². The molecule has 0 bridgehead atoms. The summed E-state index contributed by atoms with van der Waals surface area (Å²) >= 11 is 0. The molecule has 15 rings (SSSR count). The summed E-state index contributed by atoms with van der Waals surface area (Å²) < 4.78 is 0. The highest BCUT2D eigenvalue weighted by Crippen LogP contribution is 2.68. The van der Waals surface area contributed by atoms with Crippen molar-refractivity contribution in [1.29, 1.82) is 0 Å². The summed E-state index contributed by atoms with van der Waals surface area (Å²) in [6, 6.07) is 6.92. The first-order chi connectivity index (χ1) is 51.4. The molecular weight excluding hydrogens is 1360 g/mol. The monoisotopic (exact) mass is 1510 g/mol. The molecule has 0 amide bonds. The summed E-state index contributed by atoms with van der Waals surface area (Å²) in [4.78, 5) is 59.7. The summed E-state index contributed by atoms with van der Waals surface area (Å²) in [5.41, 5.74) is 16.3. The van der Waals surface area contributed by atoms with Crippen LogP contribution in [0.3, 0.4) is 0 Å². The largest absolute Gasteiger partial charge is 0.481 e. The molecule has 0 radical (unpaired) electrons. The molecule has 0 heterocycles. The fraction of sp³-hybridized carbons (Fsp3) is 0.730. The number of fused-ring (bicyclic) bond motifs is 14. The van der Waals surface area contributed by atoms with Crippen LogP contribution in [0, 0.1) is 113 Å². The van der Waals surface area contributed by atoms with Gasteiger partial charge in [-0.1, -0.05) is 203 Å². The van der Waals surface area contributed by atoms with E-state index in [1.54, 1.807) is 33.4 Å². The third kappa shape index (κ3) is 15.0. The van der Waals surface area contributed by atoms with Gasteiger partial charge in [0.05, 0.1) is 27.1 Å². The molecule has 0 saturated heterocycles. The Morgan fingerprint density at radius 1 is 0.427 bits per heavy atom. The lowest BCUT2D eigenvalue weighted by Crippen LogP contribution is -2.54. The molecule has 7 fully saturated rings. The minimum Gasteiger partial charge on any atom is -0.481 e. The molecule has 14 aliphatic rings. The van der Waals surface area contributed by atoms with Crippen LogP contribution in [-0.2, 0) is 35.8 Å². The molecule has 5 N–H and O–H groups in total. The third-order valence-corrected chi connectivity index (χ3v) is 35.1. The summed E-state index contributed by atoms with van der Waals surface area (Å²) in [5, 5.41) is 49.2. The van der Waals surface area contributed by atoms with Crippen molar-refractivity contribution in [2.24, 2.45) is 113 Å². The molecule has 14 aliphatic carbocycles. The van der Waals surface area contributed by atoms with Crippen LogP contribution < -0.4 is 0 Å². The second-order valence-corrected chi connectivity index (χ2v) is 42.4. The number of carboxylic acid groups (broad SMARTS) is 5. The molecule has 110 heavy (non-hydrogen) atoms. The molecule has 10 nitrogen and oxygen atoms in total. The van der Waals surface area contributed by atoms with E-state index in [1.807, 2.05) is 34.6 Å². The lowest BCUT2D eigenvalue weighted by atomic mass is 9.45. The zero-order valence-corrected chi connectivity index (χ0v) is 72.2. The average Bonchev–Trinajstić information content (AvgIpc) is 0.755. The summed E-state index contributed by atoms with van der Waals surface area (Å²) in [7, 11) is 0. The van der Waals surface area contributed by atoms with Crippen molar-refractivity contribution in [2.45, 2.75) is 348 Å². The van der Waals surface area contributed by atoms with Crippen LogP contribution in [0.1, 0.15) is 353 Å². The van der Waals surface area contributed by atoms with Gasteiger partial charge in [0, 0.05) is 5.41 Å². The van der Waals surface area contributed by atoms with Gasteiger partial charge in [-0.25, -0.2) is 0 Å². The minimum atomic E-state index is -0.606. The van der Waals surface area contributed by atoms with Crippen molar-refractivity contribution >= 4 is 29.8 Å². The number of aryl methyl sites for hydroxylation is 1. The first-order valence-electron chi connectivity index (χ1n) is 44.3. The van der Waals surface area contributed by atoms with E-state index in [4.69, 9.17) is 0 Å². The molecule has 0 aromatic heterocycles. The molecule has 7 saturated carbocycles. The lowest BCUT2D eigenvalue weighted by molar-refractivity contribution is -0.165. The maximum Gasteiger partial charge on any atom is 0.309 e. The normalized spacial score (nSPS) is 40.6. The number of carboxylic acids is 5. The molecule has 19 atom stereocenters. The second kappa shape index (κ2) is 31.6. The zero-order valence-electron chi connectivity index (χ0n) is 72.2. The van der Waals surface area contributed by atoms with Crippen molar-refractivity contribution in [1.82, 2.24) is 0 Å². The van der Waals surface area contributed by atoms with Gasteiger partial charge in [-0.15, -0.1) is 6.58 Å². The fourth-order valence-electron chi connectivity index (χ4n) is 28.1. The Kier molecular flexibility index (Phi) is 24.5. The van der Waals surface area contributed by atoms with Gasteiger partial charge in [-0.05, 0) is 347 Å². The molecule has 608 valence electrons. The molecular formula is C100H148O10. The van der Waals surface area contributed by atoms with E-state index in [9.17, 15) is 49.5 Å². The van der Waals surface area contributed by atoms with Crippen molar-refractivity contribution in [2.75, 3.05) is 0 Å². The van der Waals surface area contributed by atoms with E-state index in [0.29, 0.717) is 53.3 Å². The standard InChI is InChI=1S/3C20H30O2.C20H28O2.C20H30O2/c4*1-13(2)14-6-8-16-15(12-14)7-9-17-19(16,3)10-5-11-20(17,4)18(21)22;1-5-18(2)12-9-15-14(13-18)7-8-16-19(15,3)10-6-11-20(16,4)17(21)22/h12,16-17H,5-11H2,1-4H3,(H,21,22);12-13,17H,5-11H2,1-4H3,(H,21,22);7,12-13,16-17H,5-6,8-11H2,1-4H3,(H,21,22);6,8,12-13,17H,5,7,9-11H2,1-4H3,(H,21,22);5,13,15-16H,1,6-12H2,2-4H3,(H,21,22)/t16-,17?,19-,20-;17?,19-,20-;16-,17?,19-,20+;17-,19+,20-;15-,16?,18-,19-,20-/m11101/s1. The third-order valence-electron chi connectivity index (χ3n) is 35.1. The van der Waals surface area contributed by atoms with Crippen LogP contribution in [0.2, 0.25) is 0 Å². The number of hydrogen-bond donors (Lipinski definition) is 5. The van der Waals surface area contributed by atoms with Gasteiger partial charge in [-0.3, -0.25) is 24.0 Å². The quantitative estimate of drug-likeness (QED) is 0.149. The Balaban J connectivity index is 0.000000136. The number of benzene rings is 1. The number of carbonyl (C=O) groups is 5. The summed E-state index contributed by atoms with van der Waals surface area (Å²) in [6.45, 7) is 46.1. The van der Waals surface area contributed by atoms with E-state index < -0.39 is 56.9 Å². The predicted octanol–water partition coefficient (Wildman–Crippen LogP) is 26.0. The Labute approximate surface area is 665 Å². The van der Waals surface area contributed by atoms with Crippen LogP contribution in [0.25, 0.3) is 0 Å². The highest BCUT2D eigenvalue weighted by molar-refractivity contribution is 5.78. The van der Waals surface area contributed by atoms with Crippen molar-refractivity contribution in [3.63, 3.8) is 0 Å². The van der Waals surface area contributed by atoms with E-state index in [-0.39, 0.29) is 44.3 Å². The minimum absolute atomic E-state index is 0.0223. The molecule has 1 aromatic carbocycles. The van der Waals surface area contributed by atoms with E-state index in [0.717, 1.165) is 141 Å². The van der Waals surface area contributed by atoms with E-state index in [1.165, 1.54) is 97.6 Å². The van der Waals surface area contributed by atoms with Crippen LogP contribution in [0.15, 0.2) is 111 Å². The Morgan fingerprint density at radius 2 is 0.873 bits per heavy atom. The number of hydrogen-bond acceptors (Lipinski definition) is 5. The van der Waals surface area contributed by atoms with Gasteiger partial charge in [0.2, 0.25) is 0 Å². The van der Waals surface area contributed by atoms with Crippen LogP contribution in [0.5, 0.6) is 0 Å². The molecule has 0 aliphatic heterocycles. The number of aliphatic carboxylic acids is 5. The number of rotatable bonds is 9. The van der Waals surface area contributed by atoms with Crippen LogP contribution in [0.4, 0.5) is 0 Å². The van der Waals surface area contributed by atoms with Crippen molar-refractivity contribution in [3.05, 3.63) is 128 Å². The lowest BCUT2D eigenvalue weighted by Gasteiger charge is -2.59. The highest BCUT2D eigenvalue weighted by Gasteiger charge is 2.63. The Hall–Kier alpha value is -5.51. The van der Waals surface area contributed by atoms with Gasteiger partial charge in [0.15, 0.2) is 0 Å². The zero-order chi connectivity index (χ0) is 80.7. The number of allylic oxidation sites excluding steroid dienone is 15. The summed E-state index contributed by atoms with van der Waals surface area (Å²) in [5.74, 6) is 2.13. The van der Waals surface area contributed by atoms with Crippen LogP contribution in [-0.4, -0.2) is 55.4 Å². The molecule has 4 unspecified atom stereocenters. The molecule has 0 spiro atoms. The summed E-state index contributed by atoms with van der Waals surface area (Å²) in [6.07, 6.45) is 48.4. The SMILES string of the molecule is C=C[C@@]1(C)C=C2CCC3[C@](C)(C(=O)O)CCC[C@]3(C)[C@@H]2CC1.CC(C)=C1C=C2CCC3[C@](C)(C(=O)O)CCC[C@]3(C)[C@@H]2CC1.CC(C)C1=CC2=C(CC1)[C@@]1(C)CCC[C@@](C)(C(=O)O)C1CC2.CC(C)C1=CC2=CCC3[C@](C)(CCC[C@]3(C)C(=O)O)[C@@H]2CC1.CC(C)c1ccc2c(c1)CC[C@@H]1[C@@](C)(C(=O)O)CCC[C@]21C. The first kappa shape index (κ1) is 85.4. The van der Waals surface area contributed by atoms with Crippen LogP contribution >= 0.6 is 0 Å². The topological polar surface area (TPSA) is 186 Å². The smallest absolute Gasteiger partial charge is 0.309 e. The Bertz CT molecular complexity index is 3930. The van der Waals surface area contributed by atoms with Crippen molar-refractivity contribution < 1.29 is 49.5 Å². The van der Waals surface area contributed by atoms with E-state index in [2.05, 4.69) is 158 Å². The highest BCUT2D eigenvalue weighted by atomic mass is 16.4. The maximum absolute atomic E-state index is 12.0. The van der Waals surface area contributed by atoms with Gasteiger partial charge in [0.25, 0.3) is 0 Å².